The van der Waals surface area contributed by atoms with Crippen molar-refractivity contribution in [2.75, 3.05) is 4.72 Å². The van der Waals surface area contributed by atoms with Crippen LogP contribution in [0.4, 0.5) is 14.5 Å². The van der Waals surface area contributed by atoms with Crippen LogP contribution >= 0.6 is 15.9 Å². The number of hydrogen-bond acceptors (Lipinski definition) is 3. The Morgan fingerprint density at radius 3 is 2.47 bits per heavy atom. The van der Waals surface area contributed by atoms with E-state index in [0.717, 1.165) is 18.3 Å². The molecule has 0 fully saturated rings. The van der Waals surface area contributed by atoms with E-state index in [1.807, 2.05) is 0 Å². The number of nitrogens with zero attached hydrogens (tertiary/aromatic N) is 1. The molecule has 0 aliphatic rings. The summed E-state index contributed by atoms with van der Waals surface area (Å²) in [5, 5.41) is 0. The summed E-state index contributed by atoms with van der Waals surface area (Å²) in [5.41, 5.74) is 0.0877. The van der Waals surface area contributed by atoms with Gasteiger partial charge in [0.25, 0.3) is 10.0 Å². The van der Waals surface area contributed by atoms with Gasteiger partial charge in [0.2, 0.25) is 5.95 Å². The number of sulfonamides is 1. The summed E-state index contributed by atoms with van der Waals surface area (Å²) in [4.78, 5) is 3.08. The highest BCUT2D eigenvalue weighted by Crippen LogP contribution is 2.21. The molecule has 8 heteroatoms. The Morgan fingerprint density at radius 2 is 1.89 bits per heavy atom. The standard InChI is InChI=1S/C11H7BrF2N2O2S/c12-9-3-2-8(5-10(9)13)19(17,18)16-7-1-4-11(14)15-6-7/h1-6,16H. The summed E-state index contributed by atoms with van der Waals surface area (Å²) in [7, 11) is -3.94. The maximum Gasteiger partial charge on any atom is 0.262 e. The van der Waals surface area contributed by atoms with Gasteiger partial charge in [-0.05, 0) is 46.3 Å². The molecule has 0 bridgehead atoms. The first kappa shape index (κ1) is 13.9. The van der Waals surface area contributed by atoms with Gasteiger partial charge in [0.05, 0.1) is 21.3 Å². The Morgan fingerprint density at radius 1 is 1.16 bits per heavy atom. The van der Waals surface area contributed by atoms with E-state index < -0.39 is 21.8 Å². The van der Waals surface area contributed by atoms with E-state index in [2.05, 4.69) is 25.6 Å². The van der Waals surface area contributed by atoms with Crippen LogP contribution in [-0.4, -0.2) is 13.4 Å². The van der Waals surface area contributed by atoms with Crippen LogP contribution in [0.2, 0.25) is 0 Å². The van der Waals surface area contributed by atoms with Crippen molar-refractivity contribution in [3.63, 3.8) is 0 Å². The average molecular weight is 349 g/mol. The lowest BCUT2D eigenvalue weighted by Gasteiger charge is -2.08. The third-order valence-corrected chi connectivity index (χ3v) is 4.20. The molecule has 19 heavy (non-hydrogen) atoms. The summed E-state index contributed by atoms with van der Waals surface area (Å²) >= 11 is 2.93. The minimum atomic E-state index is -3.94. The molecule has 0 atom stereocenters. The Labute approximate surface area is 116 Å². The molecule has 4 nitrogen and oxygen atoms in total. The van der Waals surface area contributed by atoms with Crippen LogP contribution in [0.3, 0.4) is 0 Å². The van der Waals surface area contributed by atoms with Crippen molar-refractivity contribution in [3.8, 4) is 0 Å². The van der Waals surface area contributed by atoms with Crippen molar-refractivity contribution < 1.29 is 17.2 Å². The maximum atomic E-state index is 13.3. The summed E-state index contributed by atoms with van der Waals surface area (Å²) in [6, 6.07) is 5.64. The minimum absolute atomic E-state index is 0.0877. The van der Waals surface area contributed by atoms with Gasteiger partial charge < -0.3 is 0 Å². The van der Waals surface area contributed by atoms with Gasteiger partial charge in [-0.3, -0.25) is 4.72 Å². The van der Waals surface area contributed by atoms with E-state index in [0.29, 0.717) is 0 Å². The minimum Gasteiger partial charge on any atom is -0.278 e. The molecule has 2 rings (SSSR count). The highest BCUT2D eigenvalue weighted by atomic mass is 79.9. The molecular formula is C11H7BrF2N2O2S. The van der Waals surface area contributed by atoms with Crippen LogP contribution in [0.5, 0.6) is 0 Å². The Kier molecular flexibility index (Phi) is 3.81. The number of rotatable bonds is 3. The Balaban J connectivity index is 2.32. The van der Waals surface area contributed by atoms with Crippen LogP contribution < -0.4 is 4.72 Å². The lowest BCUT2D eigenvalue weighted by molar-refractivity contribution is 0.583. The topological polar surface area (TPSA) is 59.1 Å². The molecule has 0 aliphatic heterocycles. The normalized spacial score (nSPS) is 11.3. The number of pyridine rings is 1. The maximum absolute atomic E-state index is 13.3. The van der Waals surface area contributed by atoms with Crippen LogP contribution in [0, 0.1) is 11.8 Å². The predicted octanol–water partition coefficient (Wildman–Crippen LogP) is 2.92. The number of aromatic nitrogens is 1. The molecule has 1 aromatic heterocycles. The van der Waals surface area contributed by atoms with Gasteiger partial charge in [-0.25, -0.2) is 17.8 Å². The molecule has 0 amide bonds. The molecule has 0 radical (unpaired) electrons. The quantitative estimate of drug-likeness (QED) is 0.867. The van der Waals surface area contributed by atoms with Gasteiger partial charge in [0.15, 0.2) is 0 Å². The van der Waals surface area contributed by atoms with Gasteiger partial charge in [0.1, 0.15) is 5.82 Å². The zero-order valence-electron chi connectivity index (χ0n) is 9.27. The molecule has 2 aromatic rings. The van der Waals surface area contributed by atoms with E-state index in [9.17, 15) is 17.2 Å². The fraction of sp³-hybridized carbons (Fsp3) is 0. The molecule has 1 N–H and O–H groups in total. The molecule has 0 spiro atoms. The Hall–Kier alpha value is -1.54. The lowest BCUT2D eigenvalue weighted by atomic mass is 10.3. The third kappa shape index (κ3) is 3.27. The molecule has 100 valence electrons. The SMILES string of the molecule is O=S(=O)(Nc1ccc(F)nc1)c1ccc(Br)c(F)c1. The van der Waals surface area contributed by atoms with Crippen molar-refractivity contribution in [1.29, 1.82) is 0 Å². The van der Waals surface area contributed by atoms with Gasteiger partial charge in [-0.2, -0.15) is 4.39 Å². The third-order valence-electron chi connectivity index (χ3n) is 2.18. The molecule has 0 saturated carbocycles. The number of anilines is 1. The van der Waals surface area contributed by atoms with Crippen molar-refractivity contribution in [2.24, 2.45) is 0 Å². The van der Waals surface area contributed by atoms with E-state index in [1.165, 1.54) is 18.2 Å². The first-order chi connectivity index (χ1) is 8.88. The first-order valence-corrected chi connectivity index (χ1v) is 7.25. The number of nitrogens with one attached hydrogen (secondary N) is 1. The molecule has 0 saturated heterocycles. The fourth-order valence-electron chi connectivity index (χ4n) is 1.29. The van der Waals surface area contributed by atoms with Gasteiger partial charge in [-0.15, -0.1) is 0 Å². The van der Waals surface area contributed by atoms with E-state index in [-0.39, 0.29) is 15.1 Å². The summed E-state index contributed by atoms with van der Waals surface area (Å²) < 4.78 is 52.1. The van der Waals surface area contributed by atoms with E-state index in [4.69, 9.17) is 0 Å². The van der Waals surface area contributed by atoms with Crippen LogP contribution in [-0.2, 0) is 10.0 Å². The van der Waals surface area contributed by atoms with Gasteiger partial charge in [-0.1, -0.05) is 0 Å². The van der Waals surface area contributed by atoms with E-state index >= 15 is 0 Å². The highest BCUT2D eigenvalue weighted by Gasteiger charge is 2.16. The monoisotopic (exact) mass is 348 g/mol. The zero-order valence-corrected chi connectivity index (χ0v) is 11.7. The molecule has 0 unspecified atom stereocenters. The summed E-state index contributed by atoms with van der Waals surface area (Å²) in [6.45, 7) is 0. The average Bonchev–Trinajstić information content (AvgIpc) is 2.35. The summed E-state index contributed by atoms with van der Waals surface area (Å²) in [5.74, 6) is -1.42. The lowest BCUT2D eigenvalue weighted by Crippen LogP contribution is -2.13. The molecular weight excluding hydrogens is 342 g/mol. The highest BCUT2D eigenvalue weighted by molar-refractivity contribution is 9.10. The molecule has 1 aromatic carbocycles. The number of halogens is 3. The smallest absolute Gasteiger partial charge is 0.262 e. The van der Waals surface area contributed by atoms with Crippen LogP contribution in [0.1, 0.15) is 0 Å². The van der Waals surface area contributed by atoms with E-state index in [1.54, 1.807) is 0 Å². The second-order valence-electron chi connectivity index (χ2n) is 3.55. The number of benzene rings is 1. The summed E-state index contributed by atoms with van der Waals surface area (Å²) in [6.07, 6.45) is 1.03. The van der Waals surface area contributed by atoms with Gasteiger partial charge in [0, 0.05) is 0 Å². The molecule has 0 aliphatic carbocycles. The first-order valence-electron chi connectivity index (χ1n) is 4.98. The fourth-order valence-corrected chi connectivity index (χ4v) is 2.60. The van der Waals surface area contributed by atoms with Crippen molar-refractivity contribution >= 4 is 31.6 Å². The van der Waals surface area contributed by atoms with Crippen LogP contribution in [0.15, 0.2) is 45.9 Å². The van der Waals surface area contributed by atoms with Crippen molar-refractivity contribution in [1.82, 2.24) is 4.98 Å². The largest absolute Gasteiger partial charge is 0.278 e. The predicted molar refractivity (Wildman–Crippen MR) is 69.1 cm³/mol. The van der Waals surface area contributed by atoms with Crippen molar-refractivity contribution in [2.45, 2.75) is 4.90 Å². The second kappa shape index (κ2) is 5.22. The second-order valence-corrected chi connectivity index (χ2v) is 6.09. The Bertz CT molecular complexity index is 705. The zero-order chi connectivity index (χ0) is 14.0. The molecule has 1 heterocycles. The van der Waals surface area contributed by atoms with Crippen LogP contribution in [0.25, 0.3) is 0 Å². The van der Waals surface area contributed by atoms with Gasteiger partial charge >= 0.3 is 0 Å². The van der Waals surface area contributed by atoms with Crippen molar-refractivity contribution in [3.05, 3.63) is 52.8 Å². The number of hydrogen-bond donors (Lipinski definition) is 1.